The van der Waals surface area contributed by atoms with Crippen LogP contribution in [0.4, 0.5) is 0 Å². The zero-order valence-corrected chi connectivity index (χ0v) is 8.75. The van der Waals surface area contributed by atoms with Gasteiger partial charge in [-0.25, -0.2) is 4.98 Å². The number of hydrogen-bond acceptors (Lipinski definition) is 3. The number of rotatable bonds is 1. The van der Waals surface area contributed by atoms with Gasteiger partial charge in [0.05, 0.1) is 10.2 Å². The van der Waals surface area contributed by atoms with Gasteiger partial charge in [0.25, 0.3) is 0 Å². The molecule has 1 aromatic carbocycles. The maximum Gasteiger partial charge on any atom is 0.107 e. The van der Waals surface area contributed by atoms with E-state index in [-0.39, 0.29) is 0 Å². The minimum absolute atomic E-state index is 0.496. The predicted molar refractivity (Wildman–Crippen MR) is 57.3 cm³/mol. The lowest BCUT2D eigenvalue weighted by molar-refractivity contribution is 1.05. The first-order chi connectivity index (χ1) is 6.20. The summed E-state index contributed by atoms with van der Waals surface area (Å²) in [6.07, 6.45) is 0. The quantitative estimate of drug-likeness (QED) is 0.790. The van der Waals surface area contributed by atoms with E-state index < -0.39 is 0 Å². The number of thiazole rings is 1. The fourth-order valence-corrected chi connectivity index (χ4v) is 2.59. The number of fused-ring (bicyclic) bond motifs is 1. The summed E-state index contributed by atoms with van der Waals surface area (Å²) >= 11 is 7.53. The van der Waals surface area contributed by atoms with Crippen molar-refractivity contribution in [2.24, 2.45) is 5.73 Å². The molecule has 0 radical (unpaired) electrons. The van der Waals surface area contributed by atoms with Crippen molar-refractivity contribution in [2.75, 3.05) is 0 Å². The molecule has 4 heteroatoms. The van der Waals surface area contributed by atoms with Gasteiger partial charge in [-0.3, -0.25) is 0 Å². The van der Waals surface area contributed by atoms with E-state index in [1.165, 1.54) is 0 Å². The Morgan fingerprint density at radius 1 is 1.54 bits per heavy atom. The van der Waals surface area contributed by atoms with Gasteiger partial charge in [0, 0.05) is 11.6 Å². The Balaban J connectivity index is 2.75. The fourth-order valence-electron chi connectivity index (χ4n) is 1.29. The van der Waals surface area contributed by atoms with Crippen LogP contribution in [0.2, 0.25) is 5.02 Å². The molecule has 2 aromatic rings. The topological polar surface area (TPSA) is 38.9 Å². The number of nitrogens with two attached hydrogens (primary N) is 1. The van der Waals surface area contributed by atoms with Crippen molar-refractivity contribution in [3.05, 3.63) is 27.7 Å². The lowest BCUT2D eigenvalue weighted by atomic mass is 10.2. The van der Waals surface area contributed by atoms with E-state index in [0.717, 1.165) is 25.8 Å². The lowest BCUT2D eigenvalue weighted by Gasteiger charge is -1.94. The van der Waals surface area contributed by atoms with E-state index in [9.17, 15) is 0 Å². The number of nitrogens with zero attached hydrogens (tertiary/aromatic N) is 1. The highest BCUT2D eigenvalue weighted by molar-refractivity contribution is 7.18. The van der Waals surface area contributed by atoms with E-state index in [1.54, 1.807) is 11.3 Å². The van der Waals surface area contributed by atoms with Crippen LogP contribution in [0.25, 0.3) is 10.2 Å². The molecule has 0 fully saturated rings. The van der Waals surface area contributed by atoms with E-state index in [1.807, 2.05) is 19.1 Å². The summed E-state index contributed by atoms with van der Waals surface area (Å²) in [5.41, 5.74) is 7.65. The van der Waals surface area contributed by atoms with Crippen LogP contribution < -0.4 is 5.73 Å². The number of aromatic nitrogens is 1. The van der Waals surface area contributed by atoms with Crippen molar-refractivity contribution in [3.63, 3.8) is 0 Å². The van der Waals surface area contributed by atoms with Gasteiger partial charge in [0.1, 0.15) is 5.01 Å². The third kappa shape index (κ3) is 1.55. The average molecular weight is 213 g/mol. The highest BCUT2D eigenvalue weighted by Crippen LogP contribution is 2.27. The van der Waals surface area contributed by atoms with E-state index >= 15 is 0 Å². The largest absolute Gasteiger partial charge is 0.325 e. The molecule has 13 heavy (non-hydrogen) atoms. The summed E-state index contributed by atoms with van der Waals surface area (Å²) in [4.78, 5) is 4.41. The molecule has 0 saturated heterocycles. The molecule has 68 valence electrons. The highest BCUT2D eigenvalue weighted by Gasteiger charge is 2.05. The number of hydrogen-bond donors (Lipinski definition) is 1. The third-order valence-electron chi connectivity index (χ3n) is 1.87. The van der Waals surface area contributed by atoms with Crippen LogP contribution in [0.3, 0.4) is 0 Å². The van der Waals surface area contributed by atoms with Crippen molar-refractivity contribution in [1.29, 1.82) is 0 Å². The zero-order valence-electron chi connectivity index (χ0n) is 7.17. The molecule has 1 aromatic heterocycles. The van der Waals surface area contributed by atoms with Crippen LogP contribution in [0.5, 0.6) is 0 Å². The van der Waals surface area contributed by atoms with Gasteiger partial charge >= 0.3 is 0 Å². The van der Waals surface area contributed by atoms with Gasteiger partial charge in [-0.05, 0) is 24.6 Å². The second kappa shape index (κ2) is 3.25. The average Bonchev–Trinajstić information content (AvgIpc) is 2.47. The zero-order chi connectivity index (χ0) is 9.42. The molecule has 1 heterocycles. The van der Waals surface area contributed by atoms with Gasteiger partial charge in [-0.1, -0.05) is 11.6 Å². The molecule has 0 atom stereocenters. The molecule has 0 bridgehead atoms. The third-order valence-corrected chi connectivity index (χ3v) is 3.11. The van der Waals surface area contributed by atoms with Crippen LogP contribution in [-0.2, 0) is 6.54 Å². The SMILES string of the molecule is Cc1cc(Cl)cc2sc(CN)nc12. The molecule has 0 spiro atoms. The van der Waals surface area contributed by atoms with Crippen molar-refractivity contribution < 1.29 is 0 Å². The predicted octanol–water partition coefficient (Wildman–Crippen LogP) is 2.72. The molecule has 0 saturated carbocycles. The van der Waals surface area contributed by atoms with Crippen molar-refractivity contribution >= 4 is 33.2 Å². The Labute approximate surface area is 85.3 Å². The lowest BCUT2D eigenvalue weighted by Crippen LogP contribution is -1.94. The van der Waals surface area contributed by atoms with E-state index in [2.05, 4.69) is 4.98 Å². The molecule has 0 aliphatic rings. The van der Waals surface area contributed by atoms with Crippen molar-refractivity contribution in [3.8, 4) is 0 Å². The Bertz CT molecular complexity index is 450. The Kier molecular flexibility index (Phi) is 2.24. The van der Waals surface area contributed by atoms with Gasteiger partial charge in [0.15, 0.2) is 0 Å². The van der Waals surface area contributed by atoms with Gasteiger partial charge in [-0.15, -0.1) is 11.3 Å². The molecule has 2 rings (SSSR count). The standard InChI is InChI=1S/C9H9ClN2S/c1-5-2-6(10)3-7-9(5)12-8(4-11)13-7/h2-3H,4,11H2,1H3. The van der Waals surface area contributed by atoms with Crippen LogP contribution in [-0.4, -0.2) is 4.98 Å². The first kappa shape index (κ1) is 8.94. The van der Waals surface area contributed by atoms with Crippen LogP contribution in [0, 0.1) is 6.92 Å². The maximum atomic E-state index is 5.92. The minimum atomic E-state index is 0.496. The van der Waals surface area contributed by atoms with Crippen molar-refractivity contribution in [2.45, 2.75) is 13.5 Å². The minimum Gasteiger partial charge on any atom is -0.325 e. The normalized spacial score (nSPS) is 11.0. The number of aryl methyl sites for hydroxylation is 1. The van der Waals surface area contributed by atoms with Gasteiger partial charge in [-0.2, -0.15) is 0 Å². The van der Waals surface area contributed by atoms with Crippen LogP contribution >= 0.6 is 22.9 Å². The molecular formula is C9H9ClN2S. The first-order valence-corrected chi connectivity index (χ1v) is 5.16. The Morgan fingerprint density at radius 3 is 3.00 bits per heavy atom. The Hall–Kier alpha value is -0.640. The summed E-state index contributed by atoms with van der Waals surface area (Å²) in [5, 5.41) is 1.72. The molecule has 2 nitrogen and oxygen atoms in total. The van der Waals surface area contributed by atoms with Crippen LogP contribution in [0.15, 0.2) is 12.1 Å². The summed E-state index contributed by atoms with van der Waals surface area (Å²) in [7, 11) is 0. The molecule has 2 N–H and O–H groups in total. The molecular weight excluding hydrogens is 204 g/mol. The first-order valence-electron chi connectivity index (χ1n) is 3.96. The van der Waals surface area contributed by atoms with Gasteiger partial charge < -0.3 is 5.73 Å². The molecule has 0 unspecified atom stereocenters. The second-order valence-corrected chi connectivity index (χ2v) is 4.43. The monoisotopic (exact) mass is 212 g/mol. The van der Waals surface area contributed by atoms with E-state index in [4.69, 9.17) is 17.3 Å². The second-order valence-electron chi connectivity index (χ2n) is 2.88. The maximum absolute atomic E-state index is 5.92. The fraction of sp³-hybridized carbons (Fsp3) is 0.222. The van der Waals surface area contributed by atoms with E-state index in [0.29, 0.717) is 6.54 Å². The summed E-state index contributed by atoms with van der Waals surface area (Å²) < 4.78 is 1.12. The number of halogens is 1. The summed E-state index contributed by atoms with van der Waals surface area (Å²) in [6.45, 7) is 2.50. The summed E-state index contributed by atoms with van der Waals surface area (Å²) in [6, 6.07) is 3.85. The molecule has 0 amide bonds. The highest BCUT2D eigenvalue weighted by atomic mass is 35.5. The van der Waals surface area contributed by atoms with Gasteiger partial charge in [0.2, 0.25) is 0 Å². The van der Waals surface area contributed by atoms with Crippen LogP contribution in [0.1, 0.15) is 10.6 Å². The summed E-state index contributed by atoms with van der Waals surface area (Å²) in [5.74, 6) is 0. The smallest absolute Gasteiger partial charge is 0.107 e. The molecule has 0 aliphatic carbocycles. The molecule has 0 aliphatic heterocycles. The van der Waals surface area contributed by atoms with Crippen molar-refractivity contribution in [1.82, 2.24) is 4.98 Å². The number of benzene rings is 1. The Morgan fingerprint density at radius 2 is 2.31 bits per heavy atom.